The summed E-state index contributed by atoms with van der Waals surface area (Å²) in [6.07, 6.45) is 5.10. The summed E-state index contributed by atoms with van der Waals surface area (Å²) in [5.41, 5.74) is 1.24. The van der Waals surface area contributed by atoms with E-state index >= 15 is 0 Å². The van der Waals surface area contributed by atoms with Gasteiger partial charge in [0.1, 0.15) is 5.75 Å². The number of methoxy groups -OCH3 is 1. The molecule has 1 amide bonds. The Bertz CT molecular complexity index is 522. The first kappa shape index (κ1) is 17.2. The summed E-state index contributed by atoms with van der Waals surface area (Å²) in [6, 6.07) is 8.46. The van der Waals surface area contributed by atoms with Crippen molar-refractivity contribution in [1.29, 1.82) is 0 Å². The molecule has 1 saturated carbocycles. The zero-order valence-corrected chi connectivity index (χ0v) is 14.6. The van der Waals surface area contributed by atoms with Gasteiger partial charge in [0.25, 0.3) is 0 Å². The van der Waals surface area contributed by atoms with E-state index < -0.39 is 0 Å². The smallest absolute Gasteiger partial charge is 0.234 e. The van der Waals surface area contributed by atoms with Crippen molar-refractivity contribution in [3.05, 3.63) is 29.8 Å². The van der Waals surface area contributed by atoms with Gasteiger partial charge in [0.05, 0.1) is 19.7 Å². The predicted molar refractivity (Wildman–Crippen MR) is 95.1 cm³/mol. The molecule has 132 valence electrons. The summed E-state index contributed by atoms with van der Waals surface area (Å²) in [4.78, 5) is 14.6. The fourth-order valence-electron chi connectivity index (χ4n) is 3.32. The lowest BCUT2D eigenvalue weighted by molar-refractivity contribution is -0.120. The second-order valence-electron chi connectivity index (χ2n) is 6.91. The maximum Gasteiger partial charge on any atom is 0.234 e. The Balaban J connectivity index is 1.53. The van der Waals surface area contributed by atoms with Crippen LogP contribution in [0.3, 0.4) is 0 Å². The molecule has 0 spiro atoms. The number of ether oxygens (including phenoxy) is 1. The van der Waals surface area contributed by atoms with Gasteiger partial charge in [0.2, 0.25) is 5.91 Å². The van der Waals surface area contributed by atoms with Crippen molar-refractivity contribution >= 4 is 5.91 Å². The zero-order chi connectivity index (χ0) is 16.8. The maximum atomic E-state index is 12.1. The van der Waals surface area contributed by atoms with Crippen molar-refractivity contribution in [2.45, 2.75) is 31.7 Å². The quantitative estimate of drug-likeness (QED) is 0.726. The Labute approximate surface area is 144 Å². The van der Waals surface area contributed by atoms with Gasteiger partial charge in [-0.3, -0.25) is 9.69 Å². The van der Waals surface area contributed by atoms with Crippen LogP contribution < -0.4 is 15.4 Å². The van der Waals surface area contributed by atoms with E-state index in [9.17, 15) is 4.79 Å². The molecule has 0 aromatic heterocycles. The Kier molecular flexibility index (Phi) is 6.10. The van der Waals surface area contributed by atoms with Crippen LogP contribution >= 0.6 is 0 Å². The van der Waals surface area contributed by atoms with Gasteiger partial charge < -0.3 is 15.4 Å². The van der Waals surface area contributed by atoms with E-state index in [1.807, 2.05) is 12.1 Å². The van der Waals surface area contributed by atoms with E-state index in [4.69, 9.17) is 4.74 Å². The lowest BCUT2D eigenvalue weighted by atomic mass is 10.1. The highest BCUT2D eigenvalue weighted by Gasteiger charge is 2.24. The lowest BCUT2D eigenvalue weighted by Gasteiger charge is -2.28. The lowest BCUT2D eigenvalue weighted by Crippen LogP contribution is -2.40. The fraction of sp³-hybridized carbons (Fsp3) is 0.632. The van der Waals surface area contributed by atoms with Crippen LogP contribution in [-0.2, 0) is 4.79 Å². The van der Waals surface area contributed by atoms with Crippen LogP contribution in [0.1, 0.15) is 37.3 Å². The van der Waals surface area contributed by atoms with E-state index in [0.717, 1.165) is 31.3 Å². The van der Waals surface area contributed by atoms with Crippen LogP contribution in [0.2, 0.25) is 0 Å². The van der Waals surface area contributed by atoms with Gasteiger partial charge in [-0.15, -0.1) is 0 Å². The molecular formula is C19H29N3O2. The number of amides is 1. The Morgan fingerprint density at radius 1 is 1.25 bits per heavy atom. The molecule has 0 bridgehead atoms. The molecule has 0 radical (unpaired) electrons. The predicted octanol–water partition coefficient (Wildman–Crippen LogP) is 1.95. The van der Waals surface area contributed by atoms with Gasteiger partial charge in [-0.05, 0) is 68.9 Å². The Morgan fingerprint density at radius 2 is 1.96 bits per heavy atom. The molecule has 5 nitrogen and oxygen atoms in total. The molecule has 1 saturated heterocycles. The molecule has 1 aromatic rings. The number of nitrogens with zero attached hydrogens (tertiary/aromatic N) is 1. The third-order valence-electron chi connectivity index (χ3n) is 4.99. The van der Waals surface area contributed by atoms with Crippen molar-refractivity contribution in [2.75, 3.05) is 39.8 Å². The number of rotatable bonds is 9. The van der Waals surface area contributed by atoms with Crippen LogP contribution in [-0.4, -0.2) is 50.6 Å². The molecule has 24 heavy (non-hydrogen) atoms. The molecule has 2 aliphatic rings. The van der Waals surface area contributed by atoms with Crippen LogP contribution in [0.15, 0.2) is 24.3 Å². The van der Waals surface area contributed by atoms with Gasteiger partial charge in [-0.2, -0.15) is 0 Å². The van der Waals surface area contributed by atoms with E-state index in [2.05, 4.69) is 27.7 Å². The number of carbonyl (C=O) groups is 1. The number of hydrogen-bond donors (Lipinski definition) is 2. The van der Waals surface area contributed by atoms with E-state index in [-0.39, 0.29) is 11.9 Å². The molecule has 2 N–H and O–H groups in total. The summed E-state index contributed by atoms with van der Waals surface area (Å²) < 4.78 is 5.25. The third-order valence-corrected chi connectivity index (χ3v) is 4.99. The van der Waals surface area contributed by atoms with E-state index in [1.54, 1.807) is 7.11 Å². The van der Waals surface area contributed by atoms with Crippen molar-refractivity contribution in [2.24, 2.45) is 5.92 Å². The van der Waals surface area contributed by atoms with Crippen molar-refractivity contribution in [3.8, 4) is 5.75 Å². The number of benzene rings is 1. The highest BCUT2D eigenvalue weighted by molar-refractivity contribution is 5.78. The average Bonchev–Trinajstić information content (AvgIpc) is 3.27. The summed E-state index contributed by atoms with van der Waals surface area (Å²) in [7, 11) is 1.68. The van der Waals surface area contributed by atoms with Gasteiger partial charge >= 0.3 is 0 Å². The first-order valence-electron chi connectivity index (χ1n) is 9.11. The molecule has 5 heteroatoms. The van der Waals surface area contributed by atoms with Crippen molar-refractivity contribution in [3.63, 3.8) is 0 Å². The molecule has 1 aliphatic carbocycles. The number of hydrogen-bond acceptors (Lipinski definition) is 4. The largest absolute Gasteiger partial charge is 0.497 e. The SMILES string of the molecule is COc1ccc(C(CNC(=O)CNCC2CC2)N2CCCC2)cc1. The number of likely N-dealkylation sites (tertiary alicyclic amines) is 1. The molecular weight excluding hydrogens is 302 g/mol. The van der Waals surface area contributed by atoms with Crippen molar-refractivity contribution < 1.29 is 9.53 Å². The Morgan fingerprint density at radius 3 is 2.58 bits per heavy atom. The van der Waals surface area contributed by atoms with Gasteiger partial charge in [0, 0.05) is 6.54 Å². The molecule has 2 fully saturated rings. The normalized spacial score (nSPS) is 19.2. The molecule has 1 unspecified atom stereocenters. The van der Waals surface area contributed by atoms with Gasteiger partial charge in [0.15, 0.2) is 0 Å². The van der Waals surface area contributed by atoms with Crippen molar-refractivity contribution in [1.82, 2.24) is 15.5 Å². The van der Waals surface area contributed by atoms with Gasteiger partial charge in [-0.1, -0.05) is 12.1 Å². The summed E-state index contributed by atoms with van der Waals surface area (Å²) >= 11 is 0. The zero-order valence-electron chi connectivity index (χ0n) is 14.6. The van der Waals surface area contributed by atoms with Crippen LogP contribution in [0.5, 0.6) is 5.75 Å². The molecule has 1 atom stereocenters. The van der Waals surface area contributed by atoms with E-state index in [0.29, 0.717) is 13.1 Å². The second-order valence-corrected chi connectivity index (χ2v) is 6.91. The number of nitrogens with one attached hydrogen (secondary N) is 2. The van der Waals surface area contributed by atoms with Gasteiger partial charge in [-0.25, -0.2) is 0 Å². The maximum absolute atomic E-state index is 12.1. The minimum Gasteiger partial charge on any atom is -0.497 e. The standard InChI is InChI=1S/C19H29N3O2/c1-24-17-8-6-16(7-9-17)18(22-10-2-3-11-22)13-21-19(23)14-20-12-15-4-5-15/h6-9,15,18,20H,2-5,10-14H2,1H3,(H,21,23). The topological polar surface area (TPSA) is 53.6 Å². The molecule has 1 aromatic carbocycles. The molecule has 1 aliphatic heterocycles. The minimum absolute atomic E-state index is 0.0911. The molecule has 3 rings (SSSR count). The first-order chi connectivity index (χ1) is 11.8. The van der Waals surface area contributed by atoms with E-state index in [1.165, 1.54) is 31.2 Å². The minimum atomic E-state index is 0.0911. The average molecular weight is 331 g/mol. The summed E-state index contributed by atoms with van der Waals surface area (Å²) in [6.45, 7) is 4.27. The number of carbonyl (C=O) groups excluding carboxylic acids is 1. The van der Waals surface area contributed by atoms with Crippen LogP contribution in [0, 0.1) is 5.92 Å². The first-order valence-corrected chi connectivity index (χ1v) is 9.11. The Hall–Kier alpha value is -1.59. The summed E-state index contributed by atoms with van der Waals surface area (Å²) in [5.74, 6) is 1.76. The fourth-order valence-corrected chi connectivity index (χ4v) is 3.32. The van der Waals surface area contributed by atoms with Crippen LogP contribution in [0.4, 0.5) is 0 Å². The third kappa shape index (κ3) is 4.95. The summed E-state index contributed by atoms with van der Waals surface area (Å²) in [5, 5.41) is 6.36. The molecule has 1 heterocycles. The van der Waals surface area contributed by atoms with Crippen LogP contribution in [0.25, 0.3) is 0 Å². The highest BCUT2D eigenvalue weighted by atomic mass is 16.5. The monoisotopic (exact) mass is 331 g/mol. The second kappa shape index (κ2) is 8.49. The highest BCUT2D eigenvalue weighted by Crippen LogP contribution is 2.27.